The van der Waals surface area contributed by atoms with E-state index in [4.69, 9.17) is 4.74 Å². The predicted molar refractivity (Wildman–Crippen MR) is 91.2 cm³/mol. The molecule has 0 aliphatic rings. The summed E-state index contributed by atoms with van der Waals surface area (Å²) in [5.74, 6) is 1.12. The molecular formula is C19H21NO2. The number of hydrogen-bond donors (Lipinski definition) is 1. The highest BCUT2D eigenvalue weighted by atomic mass is 16.5. The zero-order valence-electron chi connectivity index (χ0n) is 13.2. The van der Waals surface area contributed by atoms with Gasteiger partial charge < -0.3 is 10.1 Å². The van der Waals surface area contributed by atoms with Crippen LogP contribution < -0.4 is 10.1 Å². The van der Waals surface area contributed by atoms with E-state index in [9.17, 15) is 4.79 Å². The second kappa shape index (κ2) is 7.46. The van der Waals surface area contributed by atoms with Crippen molar-refractivity contribution in [3.63, 3.8) is 0 Å². The summed E-state index contributed by atoms with van der Waals surface area (Å²) in [6.07, 6.45) is 3.34. The van der Waals surface area contributed by atoms with Crippen LogP contribution in [0.4, 0.5) is 5.69 Å². The fourth-order valence-electron chi connectivity index (χ4n) is 2.02. The summed E-state index contributed by atoms with van der Waals surface area (Å²) in [5.41, 5.74) is 3.04. The van der Waals surface area contributed by atoms with E-state index in [-0.39, 0.29) is 5.91 Å². The lowest BCUT2D eigenvalue weighted by atomic mass is 10.0. The summed E-state index contributed by atoms with van der Waals surface area (Å²) in [4.78, 5) is 11.9. The highest BCUT2D eigenvalue weighted by molar-refractivity contribution is 6.01. The van der Waals surface area contributed by atoms with E-state index in [2.05, 4.69) is 31.3 Å². The Labute approximate surface area is 131 Å². The summed E-state index contributed by atoms with van der Waals surface area (Å²) in [6.45, 7) is 4.32. The van der Waals surface area contributed by atoms with Crippen molar-refractivity contribution >= 4 is 17.7 Å². The normalized spacial score (nSPS) is 10.9. The first-order valence-corrected chi connectivity index (χ1v) is 7.31. The van der Waals surface area contributed by atoms with Crippen LogP contribution in [0.5, 0.6) is 5.75 Å². The van der Waals surface area contributed by atoms with Crippen LogP contribution in [0.15, 0.2) is 54.6 Å². The van der Waals surface area contributed by atoms with Gasteiger partial charge in [0, 0.05) is 11.8 Å². The average molecular weight is 295 g/mol. The molecule has 0 saturated heterocycles. The molecule has 2 rings (SSSR count). The van der Waals surface area contributed by atoms with Gasteiger partial charge in [0.15, 0.2) is 0 Å². The van der Waals surface area contributed by atoms with Crippen LogP contribution >= 0.6 is 0 Å². The van der Waals surface area contributed by atoms with Crippen LogP contribution in [-0.4, -0.2) is 13.0 Å². The Morgan fingerprint density at radius 3 is 2.23 bits per heavy atom. The predicted octanol–water partition coefficient (Wildman–Crippen LogP) is 4.47. The minimum absolute atomic E-state index is 0.155. The van der Waals surface area contributed by atoms with Gasteiger partial charge in [0.05, 0.1) is 7.11 Å². The van der Waals surface area contributed by atoms with E-state index in [0.29, 0.717) is 5.92 Å². The monoisotopic (exact) mass is 295 g/mol. The number of benzene rings is 2. The van der Waals surface area contributed by atoms with Crippen LogP contribution in [0.25, 0.3) is 6.08 Å². The molecule has 3 nitrogen and oxygen atoms in total. The molecule has 22 heavy (non-hydrogen) atoms. The number of nitrogens with one attached hydrogen (secondary N) is 1. The van der Waals surface area contributed by atoms with E-state index >= 15 is 0 Å². The van der Waals surface area contributed by atoms with Crippen molar-refractivity contribution in [2.24, 2.45) is 0 Å². The Balaban J connectivity index is 1.95. The molecule has 0 aliphatic heterocycles. The Morgan fingerprint density at radius 1 is 1.05 bits per heavy atom. The highest BCUT2D eigenvalue weighted by Gasteiger charge is 2.00. The molecule has 1 amide bonds. The maximum absolute atomic E-state index is 11.9. The number of methoxy groups -OCH3 is 1. The van der Waals surface area contributed by atoms with E-state index < -0.39 is 0 Å². The number of rotatable bonds is 5. The quantitative estimate of drug-likeness (QED) is 0.826. The molecule has 0 atom stereocenters. The molecule has 0 aliphatic carbocycles. The lowest BCUT2D eigenvalue weighted by Crippen LogP contribution is -2.07. The number of amides is 1. The van der Waals surface area contributed by atoms with Crippen molar-refractivity contribution in [1.29, 1.82) is 0 Å². The largest absolute Gasteiger partial charge is 0.497 e. The standard InChI is InChI=1S/C19H21NO2/c1-14(2)16-7-4-15(5-8-16)6-13-19(21)20-17-9-11-18(22-3)12-10-17/h4-14H,1-3H3,(H,20,21)/b13-6+. The lowest BCUT2D eigenvalue weighted by molar-refractivity contribution is -0.111. The van der Waals surface area contributed by atoms with Crippen molar-refractivity contribution in [3.8, 4) is 5.75 Å². The number of hydrogen-bond acceptors (Lipinski definition) is 2. The number of carbonyl (C=O) groups excluding carboxylic acids is 1. The van der Waals surface area contributed by atoms with Gasteiger partial charge in [-0.25, -0.2) is 0 Å². The zero-order valence-corrected chi connectivity index (χ0v) is 13.2. The molecule has 3 heteroatoms. The van der Waals surface area contributed by atoms with Crippen molar-refractivity contribution < 1.29 is 9.53 Å². The number of anilines is 1. The third kappa shape index (κ3) is 4.48. The molecule has 0 heterocycles. The molecule has 0 aromatic heterocycles. The van der Waals surface area contributed by atoms with Gasteiger partial charge in [0.25, 0.3) is 0 Å². The molecule has 1 N–H and O–H groups in total. The Bertz CT molecular complexity index is 640. The zero-order chi connectivity index (χ0) is 15.9. The Morgan fingerprint density at radius 2 is 1.68 bits per heavy atom. The molecular weight excluding hydrogens is 274 g/mol. The molecule has 0 bridgehead atoms. The number of ether oxygens (including phenoxy) is 1. The molecule has 0 radical (unpaired) electrons. The lowest BCUT2D eigenvalue weighted by Gasteiger charge is -2.05. The van der Waals surface area contributed by atoms with Gasteiger partial charge in [-0.2, -0.15) is 0 Å². The SMILES string of the molecule is COc1ccc(NC(=O)/C=C/c2ccc(C(C)C)cc2)cc1. The molecule has 114 valence electrons. The fraction of sp³-hybridized carbons (Fsp3) is 0.211. The smallest absolute Gasteiger partial charge is 0.248 e. The summed E-state index contributed by atoms with van der Waals surface area (Å²) in [7, 11) is 1.61. The summed E-state index contributed by atoms with van der Waals surface area (Å²) < 4.78 is 5.08. The van der Waals surface area contributed by atoms with Crippen LogP contribution in [0, 0.1) is 0 Å². The van der Waals surface area contributed by atoms with Crippen LogP contribution in [0.2, 0.25) is 0 Å². The van der Waals surface area contributed by atoms with Gasteiger partial charge in [-0.3, -0.25) is 4.79 Å². The van der Waals surface area contributed by atoms with Gasteiger partial charge >= 0.3 is 0 Å². The second-order valence-corrected chi connectivity index (χ2v) is 5.37. The van der Waals surface area contributed by atoms with Crippen molar-refractivity contribution in [3.05, 3.63) is 65.7 Å². The van der Waals surface area contributed by atoms with Crippen LogP contribution in [0.1, 0.15) is 30.9 Å². The van der Waals surface area contributed by atoms with E-state index in [1.54, 1.807) is 7.11 Å². The topological polar surface area (TPSA) is 38.3 Å². The first-order chi connectivity index (χ1) is 10.6. The molecule has 0 saturated carbocycles. The molecule has 0 spiro atoms. The van der Waals surface area contributed by atoms with Gasteiger partial charge in [-0.15, -0.1) is 0 Å². The van der Waals surface area contributed by atoms with Crippen molar-refractivity contribution in [2.45, 2.75) is 19.8 Å². The van der Waals surface area contributed by atoms with Crippen molar-refractivity contribution in [2.75, 3.05) is 12.4 Å². The first-order valence-electron chi connectivity index (χ1n) is 7.31. The third-order valence-electron chi connectivity index (χ3n) is 3.39. The third-order valence-corrected chi connectivity index (χ3v) is 3.39. The van der Waals surface area contributed by atoms with E-state index in [1.165, 1.54) is 11.6 Å². The van der Waals surface area contributed by atoms with E-state index in [0.717, 1.165) is 17.0 Å². The minimum Gasteiger partial charge on any atom is -0.497 e. The van der Waals surface area contributed by atoms with Gasteiger partial charge in [-0.1, -0.05) is 38.1 Å². The fourth-order valence-corrected chi connectivity index (χ4v) is 2.02. The molecule has 0 fully saturated rings. The first kappa shape index (κ1) is 15.8. The van der Waals surface area contributed by atoms with Crippen LogP contribution in [0.3, 0.4) is 0 Å². The molecule has 2 aromatic carbocycles. The summed E-state index contributed by atoms with van der Waals surface area (Å²) >= 11 is 0. The number of carbonyl (C=O) groups is 1. The average Bonchev–Trinajstić information content (AvgIpc) is 2.54. The second-order valence-electron chi connectivity index (χ2n) is 5.37. The summed E-state index contributed by atoms with van der Waals surface area (Å²) in [6, 6.07) is 15.5. The van der Waals surface area contributed by atoms with Gasteiger partial charge in [-0.05, 0) is 47.4 Å². The van der Waals surface area contributed by atoms with Gasteiger partial charge in [0.2, 0.25) is 5.91 Å². The Hall–Kier alpha value is -2.55. The minimum atomic E-state index is -0.155. The maximum atomic E-state index is 11.9. The molecule has 0 unspecified atom stereocenters. The van der Waals surface area contributed by atoms with E-state index in [1.807, 2.05) is 42.5 Å². The van der Waals surface area contributed by atoms with Gasteiger partial charge in [0.1, 0.15) is 5.75 Å². The highest BCUT2D eigenvalue weighted by Crippen LogP contribution is 2.16. The summed E-state index contributed by atoms with van der Waals surface area (Å²) in [5, 5.41) is 2.81. The maximum Gasteiger partial charge on any atom is 0.248 e. The van der Waals surface area contributed by atoms with Crippen LogP contribution in [-0.2, 0) is 4.79 Å². The Kier molecular flexibility index (Phi) is 5.37. The van der Waals surface area contributed by atoms with Crippen molar-refractivity contribution in [1.82, 2.24) is 0 Å². The molecule has 2 aromatic rings.